The lowest BCUT2D eigenvalue weighted by atomic mass is 9.58. The number of alkyl halides is 1. The van der Waals surface area contributed by atoms with Crippen LogP contribution in [0.1, 0.15) is 38.5 Å². The first-order valence-electron chi connectivity index (χ1n) is 6.87. The van der Waals surface area contributed by atoms with Gasteiger partial charge in [0.2, 0.25) is 0 Å². The molecule has 0 aromatic heterocycles. The average molecular weight is 303 g/mol. The lowest BCUT2D eigenvalue weighted by Crippen LogP contribution is -2.58. The zero-order valence-electron chi connectivity index (χ0n) is 10.7. The van der Waals surface area contributed by atoms with Gasteiger partial charge < -0.3 is 4.74 Å². The minimum absolute atomic E-state index is 0.108. The zero-order chi connectivity index (χ0) is 13.5. The van der Waals surface area contributed by atoms with Crippen molar-refractivity contribution >= 4 is 23.2 Å². The number of ether oxygens (including phenoxy) is 1. The van der Waals surface area contributed by atoms with E-state index < -0.39 is 5.82 Å². The molecule has 2 saturated carbocycles. The van der Waals surface area contributed by atoms with Crippen LogP contribution in [0.25, 0.3) is 0 Å². The second kappa shape index (κ2) is 5.14. The van der Waals surface area contributed by atoms with Crippen molar-refractivity contribution in [1.29, 1.82) is 0 Å². The SMILES string of the molecule is Fc1ccc(OC2CC(Cl)C23CCCCC3)cc1Cl. The van der Waals surface area contributed by atoms with Gasteiger partial charge in [-0.25, -0.2) is 4.39 Å². The summed E-state index contributed by atoms with van der Waals surface area (Å²) in [6.45, 7) is 0. The summed E-state index contributed by atoms with van der Waals surface area (Å²) >= 11 is 12.2. The maximum atomic E-state index is 13.1. The van der Waals surface area contributed by atoms with E-state index in [4.69, 9.17) is 27.9 Å². The highest BCUT2D eigenvalue weighted by Crippen LogP contribution is 2.55. The Labute approximate surface area is 123 Å². The molecule has 0 heterocycles. The van der Waals surface area contributed by atoms with Gasteiger partial charge in [-0.3, -0.25) is 0 Å². The first-order chi connectivity index (χ1) is 9.12. The predicted molar refractivity (Wildman–Crippen MR) is 75.6 cm³/mol. The van der Waals surface area contributed by atoms with Crippen molar-refractivity contribution in [1.82, 2.24) is 0 Å². The normalized spacial score (nSPS) is 29.0. The number of hydrogen-bond donors (Lipinski definition) is 0. The third-order valence-electron chi connectivity index (χ3n) is 4.64. The van der Waals surface area contributed by atoms with E-state index in [9.17, 15) is 4.39 Å². The van der Waals surface area contributed by atoms with Crippen molar-refractivity contribution in [3.05, 3.63) is 29.0 Å². The third kappa shape index (κ3) is 2.34. The van der Waals surface area contributed by atoms with Crippen molar-refractivity contribution < 1.29 is 9.13 Å². The van der Waals surface area contributed by atoms with E-state index >= 15 is 0 Å². The first kappa shape index (κ1) is 13.5. The van der Waals surface area contributed by atoms with Crippen LogP contribution in [-0.2, 0) is 0 Å². The molecular formula is C15H17Cl2FO. The maximum absolute atomic E-state index is 13.1. The van der Waals surface area contributed by atoms with E-state index in [1.54, 1.807) is 12.1 Å². The lowest BCUT2D eigenvalue weighted by Gasteiger charge is -2.55. The van der Waals surface area contributed by atoms with Crippen LogP contribution >= 0.6 is 23.2 Å². The Hall–Kier alpha value is -0.470. The molecule has 104 valence electrons. The molecule has 1 aromatic rings. The van der Waals surface area contributed by atoms with E-state index in [-0.39, 0.29) is 21.9 Å². The monoisotopic (exact) mass is 302 g/mol. The van der Waals surface area contributed by atoms with E-state index in [0.717, 1.165) is 19.3 Å². The number of rotatable bonds is 2. The molecule has 0 radical (unpaired) electrons. The van der Waals surface area contributed by atoms with Crippen molar-refractivity contribution in [3.8, 4) is 5.75 Å². The molecule has 2 aliphatic carbocycles. The highest BCUT2D eigenvalue weighted by atomic mass is 35.5. The van der Waals surface area contributed by atoms with Gasteiger partial charge in [-0.15, -0.1) is 11.6 Å². The molecule has 1 spiro atoms. The minimum Gasteiger partial charge on any atom is -0.490 e. The van der Waals surface area contributed by atoms with Crippen LogP contribution < -0.4 is 4.74 Å². The Balaban J connectivity index is 1.74. The lowest BCUT2D eigenvalue weighted by molar-refractivity contribution is -0.0650. The van der Waals surface area contributed by atoms with Crippen LogP contribution in [0.2, 0.25) is 5.02 Å². The van der Waals surface area contributed by atoms with E-state index in [2.05, 4.69) is 0 Å². The predicted octanol–water partition coefficient (Wildman–Crippen LogP) is 5.19. The molecule has 2 atom stereocenters. The summed E-state index contributed by atoms with van der Waals surface area (Å²) in [6, 6.07) is 4.54. The fourth-order valence-electron chi connectivity index (χ4n) is 3.42. The molecule has 0 saturated heterocycles. The van der Waals surface area contributed by atoms with Gasteiger partial charge in [-0.1, -0.05) is 30.9 Å². The summed E-state index contributed by atoms with van der Waals surface area (Å²) < 4.78 is 19.1. The Morgan fingerprint density at radius 3 is 2.58 bits per heavy atom. The molecule has 0 aliphatic heterocycles. The average Bonchev–Trinajstić information content (AvgIpc) is 2.43. The summed E-state index contributed by atoms with van der Waals surface area (Å²) in [6.07, 6.45) is 7.05. The fraction of sp³-hybridized carbons (Fsp3) is 0.600. The van der Waals surface area contributed by atoms with Gasteiger partial charge in [0.15, 0.2) is 0 Å². The first-order valence-corrected chi connectivity index (χ1v) is 7.69. The molecule has 0 N–H and O–H groups in total. The standard InChI is InChI=1S/C15H17Cl2FO/c16-11-8-10(4-5-12(11)18)19-14-9-13(17)15(14)6-2-1-3-7-15/h4-5,8,13-14H,1-3,6-7,9H2. The molecule has 4 heteroatoms. The largest absolute Gasteiger partial charge is 0.490 e. The van der Waals surface area contributed by atoms with Crippen LogP contribution in [0.3, 0.4) is 0 Å². The fourth-order valence-corrected chi connectivity index (χ4v) is 4.11. The summed E-state index contributed by atoms with van der Waals surface area (Å²) in [5.74, 6) is 0.232. The van der Waals surface area contributed by atoms with Crippen LogP contribution in [-0.4, -0.2) is 11.5 Å². The molecule has 3 rings (SSSR count). The number of benzene rings is 1. The molecule has 2 fully saturated rings. The molecular weight excluding hydrogens is 286 g/mol. The Morgan fingerprint density at radius 2 is 1.95 bits per heavy atom. The molecule has 2 unspecified atom stereocenters. The zero-order valence-corrected chi connectivity index (χ0v) is 12.2. The number of halogens is 3. The maximum Gasteiger partial charge on any atom is 0.142 e. The molecule has 1 nitrogen and oxygen atoms in total. The second-order valence-electron chi connectivity index (χ2n) is 5.68. The summed E-state index contributed by atoms with van der Waals surface area (Å²) in [7, 11) is 0. The van der Waals surface area contributed by atoms with Crippen molar-refractivity contribution in [2.24, 2.45) is 5.41 Å². The van der Waals surface area contributed by atoms with E-state index in [1.165, 1.54) is 25.3 Å². The van der Waals surface area contributed by atoms with Crippen LogP contribution in [0.5, 0.6) is 5.75 Å². The van der Waals surface area contributed by atoms with Crippen LogP contribution in [0.15, 0.2) is 18.2 Å². The molecule has 0 amide bonds. The minimum atomic E-state index is -0.412. The van der Waals surface area contributed by atoms with Gasteiger partial charge in [-0.05, 0) is 25.0 Å². The Bertz CT molecular complexity index is 471. The summed E-state index contributed by atoms with van der Waals surface area (Å²) in [4.78, 5) is 0. The van der Waals surface area contributed by atoms with Gasteiger partial charge in [-0.2, -0.15) is 0 Å². The van der Waals surface area contributed by atoms with Crippen LogP contribution in [0.4, 0.5) is 4.39 Å². The van der Waals surface area contributed by atoms with Gasteiger partial charge in [0.1, 0.15) is 17.7 Å². The Morgan fingerprint density at radius 1 is 1.21 bits per heavy atom. The Kier molecular flexibility index (Phi) is 3.65. The van der Waals surface area contributed by atoms with Crippen molar-refractivity contribution in [2.75, 3.05) is 0 Å². The molecule has 0 bridgehead atoms. The molecule has 1 aromatic carbocycles. The van der Waals surface area contributed by atoms with Gasteiger partial charge in [0.05, 0.1) is 5.02 Å². The highest BCUT2D eigenvalue weighted by molar-refractivity contribution is 6.30. The highest BCUT2D eigenvalue weighted by Gasteiger charge is 2.55. The van der Waals surface area contributed by atoms with E-state index in [1.807, 2.05) is 0 Å². The van der Waals surface area contributed by atoms with Crippen LogP contribution in [0, 0.1) is 11.2 Å². The number of hydrogen-bond acceptors (Lipinski definition) is 1. The van der Waals surface area contributed by atoms with Gasteiger partial charge in [0.25, 0.3) is 0 Å². The quantitative estimate of drug-likeness (QED) is 0.683. The molecule has 2 aliphatic rings. The van der Waals surface area contributed by atoms with Crippen molar-refractivity contribution in [3.63, 3.8) is 0 Å². The second-order valence-corrected chi connectivity index (χ2v) is 6.61. The summed E-state index contributed by atoms with van der Waals surface area (Å²) in [5, 5.41) is 0.325. The van der Waals surface area contributed by atoms with Gasteiger partial charge >= 0.3 is 0 Å². The van der Waals surface area contributed by atoms with E-state index in [0.29, 0.717) is 5.75 Å². The summed E-state index contributed by atoms with van der Waals surface area (Å²) in [5.41, 5.74) is 0.126. The molecule has 19 heavy (non-hydrogen) atoms. The smallest absolute Gasteiger partial charge is 0.142 e. The van der Waals surface area contributed by atoms with Crippen molar-refractivity contribution in [2.45, 2.75) is 50.0 Å². The third-order valence-corrected chi connectivity index (χ3v) is 5.54. The van der Waals surface area contributed by atoms with Gasteiger partial charge in [0, 0.05) is 23.3 Å². The topological polar surface area (TPSA) is 9.23 Å².